The number of carboxylic acid groups (broad SMARTS) is 1. The van der Waals surface area contributed by atoms with Crippen LogP contribution >= 0.6 is 0 Å². The zero-order valence-electron chi connectivity index (χ0n) is 15.5. The molecule has 0 saturated carbocycles. The highest BCUT2D eigenvalue weighted by Crippen LogP contribution is 2.22. The summed E-state index contributed by atoms with van der Waals surface area (Å²) < 4.78 is 0. The number of Topliss-reactive ketones (excluding diaryl/α,β-unsaturated/α-hetero) is 1. The summed E-state index contributed by atoms with van der Waals surface area (Å²) in [4.78, 5) is 38.8. The second kappa shape index (κ2) is 8.11. The summed E-state index contributed by atoms with van der Waals surface area (Å²) in [5.74, 6) is 2.45. The van der Waals surface area contributed by atoms with Crippen LogP contribution in [0.1, 0.15) is 21.5 Å². The van der Waals surface area contributed by atoms with Crippen molar-refractivity contribution in [3.8, 4) is 0 Å². The molecule has 0 fully saturated rings. The molecule has 0 aromatic heterocycles. The van der Waals surface area contributed by atoms with Crippen LogP contribution in [-0.2, 0) is 16.1 Å². The molecule has 2 aromatic rings. The molecule has 1 amide bonds. The van der Waals surface area contributed by atoms with Crippen LogP contribution in [0.15, 0.2) is 53.6 Å². The number of rotatable bonds is 6. The Morgan fingerprint density at radius 2 is 1.90 bits per heavy atom. The average molecular weight is 395 g/mol. The molecule has 0 saturated heterocycles. The molecule has 9 heteroatoms. The highest BCUT2D eigenvalue weighted by molar-refractivity contribution is 6.16. The Labute approximate surface area is 167 Å². The molecule has 1 atom stereocenters. The molecule has 9 nitrogen and oxygen atoms in total. The topological polar surface area (TPSA) is 151 Å². The minimum atomic E-state index is -2.29. The molecule has 29 heavy (non-hydrogen) atoms. The highest BCUT2D eigenvalue weighted by atomic mass is 16.4. The molecule has 6 N–H and O–H groups in total. The van der Waals surface area contributed by atoms with Crippen LogP contribution < -0.4 is 16.9 Å². The maximum Gasteiger partial charge on any atom is 0.333 e. The number of benzene rings is 2. The fourth-order valence-corrected chi connectivity index (χ4v) is 3.15. The minimum Gasteiger partial charge on any atom is -0.479 e. The Balaban J connectivity index is 1.89. The Morgan fingerprint density at radius 3 is 2.55 bits per heavy atom. The number of anilines is 1. The van der Waals surface area contributed by atoms with Crippen molar-refractivity contribution in [2.24, 2.45) is 16.7 Å². The first kappa shape index (κ1) is 20.0. The number of para-hydroxylation sites is 1. The van der Waals surface area contributed by atoms with Gasteiger partial charge in [-0.1, -0.05) is 42.5 Å². The van der Waals surface area contributed by atoms with Crippen LogP contribution in [0, 0.1) is 0 Å². The molecule has 0 bridgehead atoms. The van der Waals surface area contributed by atoms with Gasteiger partial charge < -0.3 is 26.9 Å². The van der Waals surface area contributed by atoms with E-state index in [1.165, 1.54) is 23.2 Å². The van der Waals surface area contributed by atoms with Gasteiger partial charge in [-0.25, -0.2) is 4.79 Å². The number of hydrogen-bond acceptors (Lipinski definition) is 7. The number of nitrogens with one attached hydrogen (secondary N) is 1. The lowest BCUT2D eigenvalue weighted by molar-refractivity contribution is -0.143. The van der Waals surface area contributed by atoms with Crippen molar-refractivity contribution in [1.82, 2.24) is 4.90 Å². The molecule has 0 spiro atoms. The van der Waals surface area contributed by atoms with E-state index in [0.717, 1.165) is 11.3 Å². The predicted molar refractivity (Wildman–Crippen MR) is 107 cm³/mol. The first-order valence-electron chi connectivity index (χ1n) is 8.85. The average Bonchev–Trinajstić information content (AvgIpc) is 2.87. The normalized spacial score (nSPS) is 15.9. The number of fused-ring (bicyclic) bond motifs is 1. The number of amides is 1. The maximum atomic E-state index is 13.0. The van der Waals surface area contributed by atoms with Crippen molar-refractivity contribution in [2.75, 3.05) is 18.4 Å². The molecule has 1 aliphatic rings. The first-order valence-corrected chi connectivity index (χ1v) is 8.85. The Bertz CT molecular complexity index is 973. The van der Waals surface area contributed by atoms with Crippen LogP contribution in [0.2, 0.25) is 0 Å². The minimum absolute atomic E-state index is 0.0198. The Hall–Kier alpha value is -3.72. The first-order chi connectivity index (χ1) is 13.8. The third-order valence-corrected chi connectivity index (χ3v) is 4.78. The number of aliphatic carboxylic acids is 1. The van der Waals surface area contributed by atoms with Crippen LogP contribution in [0.25, 0.3) is 0 Å². The molecule has 2 aromatic carbocycles. The summed E-state index contributed by atoms with van der Waals surface area (Å²) in [7, 11) is 0. The molecule has 0 aliphatic carbocycles. The molecule has 1 heterocycles. The number of nitrogens with zero attached hydrogens (tertiary/aromatic N) is 2. The lowest BCUT2D eigenvalue weighted by atomic mass is 9.89. The van der Waals surface area contributed by atoms with Gasteiger partial charge in [-0.2, -0.15) is 5.10 Å². The van der Waals surface area contributed by atoms with Crippen molar-refractivity contribution >= 4 is 29.6 Å². The van der Waals surface area contributed by atoms with Gasteiger partial charge in [0.05, 0.1) is 19.3 Å². The third kappa shape index (κ3) is 4.09. The number of hydrazone groups is 1. The number of nitrogens with two attached hydrogens (primary N) is 2. The summed E-state index contributed by atoms with van der Waals surface area (Å²) in [5, 5.41) is 16.2. The van der Waals surface area contributed by atoms with Gasteiger partial charge in [0, 0.05) is 17.8 Å². The maximum absolute atomic E-state index is 13.0. The van der Waals surface area contributed by atoms with Crippen LogP contribution in [0.4, 0.5) is 5.69 Å². The second-order valence-corrected chi connectivity index (χ2v) is 6.77. The molecule has 3 rings (SSSR count). The zero-order valence-corrected chi connectivity index (χ0v) is 15.5. The van der Waals surface area contributed by atoms with E-state index in [0.29, 0.717) is 5.56 Å². The molecule has 1 unspecified atom stereocenters. The van der Waals surface area contributed by atoms with Crippen molar-refractivity contribution in [3.63, 3.8) is 0 Å². The quantitative estimate of drug-likeness (QED) is 0.182. The van der Waals surface area contributed by atoms with E-state index in [1.54, 1.807) is 12.1 Å². The molecular weight excluding hydrogens is 374 g/mol. The fourth-order valence-electron chi connectivity index (χ4n) is 3.15. The monoisotopic (exact) mass is 395 g/mol. The number of hydrogen-bond donors (Lipinski definition) is 4. The molecule has 150 valence electrons. The lowest BCUT2D eigenvalue weighted by Gasteiger charge is -2.30. The van der Waals surface area contributed by atoms with Crippen molar-refractivity contribution < 1.29 is 19.5 Å². The van der Waals surface area contributed by atoms with Crippen molar-refractivity contribution in [3.05, 3.63) is 65.2 Å². The van der Waals surface area contributed by atoms with Crippen LogP contribution in [0.5, 0.6) is 0 Å². The summed E-state index contributed by atoms with van der Waals surface area (Å²) in [5.41, 5.74) is 6.13. The summed E-state index contributed by atoms with van der Waals surface area (Å²) in [6, 6.07) is 13.3. The Kier molecular flexibility index (Phi) is 5.60. The largest absolute Gasteiger partial charge is 0.479 e. The van der Waals surface area contributed by atoms with Gasteiger partial charge in [0.15, 0.2) is 11.3 Å². The molecular formula is C20H21N5O4. The van der Waals surface area contributed by atoms with E-state index in [4.69, 9.17) is 11.6 Å². The van der Waals surface area contributed by atoms with Gasteiger partial charge in [0.2, 0.25) is 5.91 Å². The summed E-state index contributed by atoms with van der Waals surface area (Å²) in [6.45, 7) is -0.330. The number of carbonyl (C=O) groups is 3. The summed E-state index contributed by atoms with van der Waals surface area (Å²) in [6.07, 6.45) is 1.39. The smallest absolute Gasteiger partial charge is 0.333 e. The van der Waals surface area contributed by atoms with Gasteiger partial charge in [0.25, 0.3) is 0 Å². The SMILES string of the molecule is NN=Cc1ccc(C(=O)C(N)(CN2Cc3ccccc3NCC2=O)C(=O)O)cc1. The lowest BCUT2D eigenvalue weighted by Crippen LogP contribution is -2.62. The van der Waals surface area contributed by atoms with E-state index in [-0.39, 0.29) is 24.6 Å². The molecule has 0 radical (unpaired) electrons. The number of carbonyl (C=O) groups excluding carboxylic acids is 2. The predicted octanol–water partition coefficient (Wildman–Crippen LogP) is 0.398. The van der Waals surface area contributed by atoms with Gasteiger partial charge in [-0.05, 0) is 17.2 Å². The van der Waals surface area contributed by atoms with E-state index in [2.05, 4.69) is 10.4 Å². The number of ketones is 1. The fraction of sp³-hybridized carbons (Fsp3) is 0.200. The van der Waals surface area contributed by atoms with E-state index in [9.17, 15) is 19.5 Å². The number of carboxylic acids is 1. The molecule has 1 aliphatic heterocycles. The van der Waals surface area contributed by atoms with E-state index in [1.807, 2.05) is 24.3 Å². The van der Waals surface area contributed by atoms with E-state index < -0.39 is 23.8 Å². The van der Waals surface area contributed by atoms with Crippen LogP contribution in [0.3, 0.4) is 0 Å². The van der Waals surface area contributed by atoms with Gasteiger partial charge in [-0.3, -0.25) is 9.59 Å². The highest BCUT2D eigenvalue weighted by Gasteiger charge is 2.45. The second-order valence-electron chi connectivity index (χ2n) is 6.77. The van der Waals surface area contributed by atoms with Gasteiger partial charge in [0.1, 0.15) is 0 Å². The Morgan fingerprint density at radius 1 is 1.21 bits per heavy atom. The summed E-state index contributed by atoms with van der Waals surface area (Å²) >= 11 is 0. The van der Waals surface area contributed by atoms with Crippen LogP contribution in [-0.4, -0.2) is 52.5 Å². The third-order valence-electron chi connectivity index (χ3n) is 4.78. The standard InChI is InChI=1S/C20H21N5O4/c21-20(19(28)29,18(27)14-7-5-13(6-8-14)9-24-22)12-25-11-15-3-1-2-4-16(15)23-10-17(25)26/h1-9,23H,10-12,21-22H2,(H,28,29). The van der Waals surface area contributed by atoms with Gasteiger partial charge in [-0.15, -0.1) is 0 Å². The van der Waals surface area contributed by atoms with Crippen molar-refractivity contribution in [1.29, 1.82) is 0 Å². The van der Waals surface area contributed by atoms with Crippen molar-refractivity contribution in [2.45, 2.75) is 12.1 Å². The van der Waals surface area contributed by atoms with E-state index >= 15 is 0 Å². The zero-order chi connectivity index (χ0) is 21.0. The van der Waals surface area contributed by atoms with Gasteiger partial charge >= 0.3 is 5.97 Å².